The van der Waals surface area contributed by atoms with E-state index >= 15 is 0 Å². The van der Waals surface area contributed by atoms with Gasteiger partial charge in [0.05, 0.1) is 16.9 Å². The molecule has 6 nitrogen and oxygen atoms in total. The molecule has 0 aromatic heterocycles. The lowest BCUT2D eigenvalue weighted by Gasteiger charge is -2.06. The molecule has 136 valence electrons. The Hall–Kier alpha value is -2.86. The average molecular weight is 374 g/mol. The summed E-state index contributed by atoms with van der Waals surface area (Å²) in [7, 11) is 0. The zero-order valence-corrected chi connectivity index (χ0v) is 15.3. The predicted molar refractivity (Wildman–Crippen MR) is 103 cm³/mol. The van der Waals surface area contributed by atoms with Crippen LogP contribution in [0.25, 0.3) is 0 Å². The Bertz CT molecular complexity index is 827. The lowest BCUT2D eigenvalue weighted by molar-refractivity contribution is -0.124. The van der Waals surface area contributed by atoms with Crippen LogP contribution in [0.3, 0.4) is 0 Å². The number of rotatable bonds is 6. The molecule has 3 N–H and O–H groups in total. The van der Waals surface area contributed by atoms with E-state index < -0.39 is 0 Å². The number of para-hydroxylation sites is 1. The van der Waals surface area contributed by atoms with E-state index in [-0.39, 0.29) is 30.4 Å². The van der Waals surface area contributed by atoms with Crippen molar-refractivity contribution >= 4 is 35.3 Å². The molecule has 0 saturated carbocycles. The molecule has 2 rings (SSSR count). The largest absolute Gasteiger partial charge is 0.507 e. The molecule has 0 unspecified atom stereocenters. The second-order valence-electron chi connectivity index (χ2n) is 5.82. The number of carbonyl (C=O) groups is 2. The fourth-order valence-electron chi connectivity index (χ4n) is 2.30. The van der Waals surface area contributed by atoms with Gasteiger partial charge in [0.2, 0.25) is 11.8 Å². The van der Waals surface area contributed by atoms with Crippen LogP contribution in [0.2, 0.25) is 5.02 Å². The van der Waals surface area contributed by atoms with Crippen LogP contribution in [0, 0.1) is 13.8 Å². The Labute approximate surface area is 156 Å². The van der Waals surface area contributed by atoms with E-state index in [0.29, 0.717) is 10.7 Å². The van der Waals surface area contributed by atoms with Crippen LogP contribution in [-0.2, 0) is 9.59 Å². The van der Waals surface area contributed by atoms with Gasteiger partial charge < -0.3 is 10.4 Å². The Kier molecular flexibility index (Phi) is 6.74. The molecule has 0 spiro atoms. The number of halogens is 1. The monoisotopic (exact) mass is 373 g/mol. The summed E-state index contributed by atoms with van der Waals surface area (Å²) in [4.78, 5) is 23.6. The standard InChI is InChI=1S/C19H20ClN3O3/c1-12-9-14(10-13(2)19(12)26)11-21-23-18(25)8-7-17(24)22-16-6-4-3-5-15(16)20/h3-6,9-11,26H,7-8H2,1-2H3,(H,22,24)(H,23,25)/b21-11+. The first kappa shape index (κ1) is 19.5. The number of hydrogen-bond donors (Lipinski definition) is 3. The van der Waals surface area contributed by atoms with E-state index in [0.717, 1.165) is 16.7 Å². The molecule has 7 heteroatoms. The molecule has 2 aromatic carbocycles. The summed E-state index contributed by atoms with van der Waals surface area (Å²) in [6, 6.07) is 10.4. The first-order valence-corrected chi connectivity index (χ1v) is 8.41. The number of phenols is 1. The summed E-state index contributed by atoms with van der Waals surface area (Å²) in [6.45, 7) is 3.58. The van der Waals surface area contributed by atoms with Gasteiger partial charge in [-0.3, -0.25) is 9.59 Å². The minimum atomic E-state index is -0.372. The molecular formula is C19H20ClN3O3. The van der Waals surface area contributed by atoms with Gasteiger partial charge in [-0.1, -0.05) is 23.7 Å². The SMILES string of the molecule is Cc1cc(/C=N/NC(=O)CCC(=O)Nc2ccccc2Cl)cc(C)c1O. The van der Waals surface area contributed by atoms with Gasteiger partial charge in [-0.2, -0.15) is 5.10 Å². The molecule has 0 heterocycles. The number of benzene rings is 2. The summed E-state index contributed by atoms with van der Waals surface area (Å²) >= 11 is 5.96. The third kappa shape index (κ3) is 5.60. The number of aryl methyl sites for hydroxylation is 2. The molecule has 0 atom stereocenters. The minimum absolute atomic E-state index is 0.00125. The number of carbonyl (C=O) groups excluding carboxylic acids is 2. The van der Waals surface area contributed by atoms with Gasteiger partial charge in [-0.05, 0) is 54.8 Å². The van der Waals surface area contributed by atoms with Gasteiger partial charge >= 0.3 is 0 Å². The molecule has 0 bridgehead atoms. The van der Waals surface area contributed by atoms with Gasteiger partial charge in [0.15, 0.2) is 0 Å². The zero-order valence-electron chi connectivity index (χ0n) is 14.5. The summed E-state index contributed by atoms with van der Waals surface area (Å²) < 4.78 is 0. The molecule has 0 aliphatic rings. The van der Waals surface area contributed by atoms with Gasteiger partial charge in [-0.15, -0.1) is 0 Å². The first-order valence-electron chi connectivity index (χ1n) is 8.03. The summed E-state index contributed by atoms with van der Waals surface area (Å²) in [5.41, 5.74) is 5.11. The van der Waals surface area contributed by atoms with Crippen LogP contribution in [0.5, 0.6) is 5.75 Å². The first-order chi connectivity index (χ1) is 12.4. The minimum Gasteiger partial charge on any atom is -0.507 e. The fraction of sp³-hybridized carbons (Fsp3) is 0.211. The number of hydrogen-bond acceptors (Lipinski definition) is 4. The van der Waals surface area contributed by atoms with E-state index in [1.165, 1.54) is 6.21 Å². The Morgan fingerprint density at radius 2 is 1.73 bits per heavy atom. The van der Waals surface area contributed by atoms with Crippen LogP contribution < -0.4 is 10.7 Å². The Balaban J connectivity index is 1.80. The van der Waals surface area contributed by atoms with Crippen molar-refractivity contribution in [1.82, 2.24) is 5.43 Å². The highest BCUT2D eigenvalue weighted by atomic mass is 35.5. The normalized spacial score (nSPS) is 10.7. The second-order valence-corrected chi connectivity index (χ2v) is 6.23. The topological polar surface area (TPSA) is 90.8 Å². The molecule has 0 saturated heterocycles. The van der Waals surface area contributed by atoms with Crippen molar-refractivity contribution in [2.75, 3.05) is 5.32 Å². The summed E-state index contributed by atoms with van der Waals surface area (Å²) in [6.07, 6.45) is 1.51. The highest BCUT2D eigenvalue weighted by molar-refractivity contribution is 6.33. The molecule has 26 heavy (non-hydrogen) atoms. The predicted octanol–water partition coefficient (Wildman–Crippen LogP) is 3.53. The van der Waals surface area contributed by atoms with Crippen LogP contribution in [0.1, 0.15) is 29.5 Å². The maximum absolute atomic E-state index is 11.9. The molecule has 0 fully saturated rings. The van der Waals surface area contributed by atoms with E-state index in [9.17, 15) is 14.7 Å². The number of nitrogens with one attached hydrogen (secondary N) is 2. The van der Waals surface area contributed by atoms with E-state index in [4.69, 9.17) is 11.6 Å². The number of phenolic OH excluding ortho intramolecular Hbond substituents is 1. The highest BCUT2D eigenvalue weighted by Crippen LogP contribution is 2.22. The van der Waals surface area contributed by atoms with Crippen LogP contribution in [0.4, 0.5) is 5.69 Å². The van der Waals surface area contributed by atoms with E-state index in [1.54, 1.807) is 50.2 Å². The molecular weight excluding hydrogens is 354 g/mol. The zero-order chi connectivity index (χ0) is 19.1. The average Bonchev–Trinajstić information content (AvgIpc) is 2.60. The number of hydrazone groups is 1. The fourth-order valence-corrected chi connectivity index (χ4v) is 2.48. The Morgan fingerprint density at radius 3 is 2.38 bits per heavy atom. The van der Waals surface area contributed by atoms with Gasteiger partial charge in [0.1, 0.15) is 5.75 Å². The Morgan fingerprint density at radius 1 is 1.12 bits per heavy atom. The van der Waals surface area contributed by atoms with Crippen molar-refractivity contribution in [3.8, 4) is 5.75 Å². The maximum atomic E-state index is 11.9. The summed E-state index contributed by atoms with van der Waals surface area (Å²) in [5, 5.41) is 16.7. The third-order valence-corrected chi connectivity index (χ3v) is 3.97. The van der Waals surface area contributed by atoms with Crippen molar-refractivity contribution in [2.45, 2.75) is 26.7 Å². The molecule has 0 aliphatic carbocycles. The number of amides is 2. The lowest BCUT2D eigenvalue weighted by Crippen LogP contribution is -2.20. The molecule has 2 aromatic rings. The molecule has 2 amide bonds. The maximum Gasteiger partial charge on any atom is 0.240 e. The van der Waals surface area contributed by atoms with Crippen molar-refractivity contribution in [2.24, 2.45) is 5.10 Å². The van der Waals surface area contributed by atoms with Gasteiger partial charge in [-0.25, -0.2) is 5.43 Å². The number of anilines is 1. The second kappa shape index (κ2) is 9.01. The quantitative estimate of drug-likeness (QED) is 0.534. The van der Waals surface area contributed by atoms with Crippen molar-refractivity contribution in [3.63, 3.8) is 0 Å². The van der Waals surface area contributed by atoms with Crippen molar-refractivity contribution < 1.29 is 14.7 Å². The highest BCUT2D eigenvalue weighted by Gasteiger charge is 2.08. The molecule has 0 radical (unpaired) electrons. The van der Waals surface area contributed by atoms with Crippen molar-refractivity contribution in [3.05, 3.63) is 58.1 Å². The van der Waals surface area contributed by atoms with Crippen LogP contribution in [0.15, 0.2) is 41.5 Å². The van der Waals surface area contributed by atoms with Crippen LogP contribution in [-0.4, -0.2) is 23.1 Å². The van der Waals surface area contributed by atoms with E-state index in [1.807, 2.05) is 0 Å². The van der Waals surface area contributed by atoms with Crippen LogP contribution >= 0.6 is 11.6 Å². The smallest absolute Gasteiger partial charge is 0.240 e. The van der Waals surface area contributed by atoms with Gasteiger partial charge in [0, 0.05) is 12.8 Å². The van der Waals surface area contributed by atoms with E-state index in [2.05, 4.69) is 15.8 Å². The number of aromatic hydroxyl groups is 1. The molecule has 0 aliphatic heterocycles. The lowest BCUT2D eigenvalue weighted by atomic mass is 10.1. The summed E-state index contributed by atoms with van der Waals surface area (Å²) in [5.74, 6) is -0.430. The number of nitrogens with zero attached hydrogens (tertiary/aromatic N) is 1. The van der Waals surface area contributed by atoms with Crippen molar-refractivity contribution in [1.29, 1.82) is 0 Å². The van der Waals surface area contributed by atoms with Gasteiger partial charge in [0.25, 0.3) is 0 Å². The third-order valence-electron chi connectivity index (χ3n) is 3.64.